The largest absolute Gasteiger partial charge is 0.481 e. The van der Waals surface area contributed by atoms with E-state index in [9.17, 15) is 21.6 Å². The van der Waals surface area contributed by atoms with Crippen LogP contribution in [0.25, 0.3) is 11.3 Å². The first kappa shape index (κ1) is 18.2. The highest BCUT2D eigenvalue weighted by Gasteiger charge is 2.33. The number of sulfone groups is 1. The second-order valence-electron chi connectivity index (χ2n) is 4.97. The van der Waals surface area contributed by atoms with Gasteiger partial charge >= 0.3 is 6.18 Å². The van der Waals surface area contributed by atoms with Crippen LogP contribution < -0.4 is 4.74 Å². The summed E-state index contributed by atoms with van der Waals surface area (Å²) >= 11 is 0. The molecule has 0 unspecified atom stereocenters. The molecule has 5 nitrogen and oxygen atoms in total. The van der Waals surface area contributed by atoms with Crippen molar-refractivity contribution in [3.05, 3.63) is 35.7 Å². The summed E-state index contributed by atoms with van der Waals surface area (Å²) in [5, 5.41) is 0. The van der Waals surface area contributed by atoms with E-state index in [-0.39, 0.29) is 22.9 Å². The van der Waals surface area contributed by atoms with Crippen molar-refractivity contribution >= 4 is 9.84 Å². The average Bonchev–Trinajstić information content (AvgIpc) is 2.53. The lowest BCUT2D eigenvalue weighted by Crippen LogP contribution is -2.11. The van der Waals surface area contributed by atoms with E-state index in [1.807, 2.05) is 0 Å². The molecule has 9 heteroatoms. The third-order valence-electron chi connectivity index (χ3n) is 3.51. The summed E-state index contributed by atoms with van der Waals surface area (Å²) < 4.78 is 68.5. The Bertz CT molecular complexity index is 865. The number of benzene rings is 1. The Labute approximate surface area is 137 Å². The topological polar surface area (TPSA) is 69.2 Å². The minimum absolute atomic E-state index is 0.0862. The van der Waals surface area contributed by atoms with Gasteiger partial charge in [-0.05, 0) is 19.1 Å². The van der Waals surface area contributed by atoms with Gasteiger partial charge in [0, 0.05) is 11.1 Å². The van der Waals surface area contributed by atoms with E-state index < -0.39 is 26.5 Å². The molecule has 1 heterocycles. The van der Waals surface area contributed by atoms with E-state index in [1.165, 1.54) is 20.4 Å². The van der Waals surface area contributed by atoms with Crippen molar-refractivity contribution in [1.29, 1.82) is 0 Å². The fourth-order valence-corrected chi connectivity index (χ4v) is 3.34. The van der Waals surface area contributed by atoms with Crippen LogP contribution in [0.2, 0.25) is 0 Å². The molecule has 0 fully saturated rings. The fourth-order valence-electron chi connectivity index (χ4n) is 2.22. The molecule has 0 atom stereocenters. The molecule has 0 amide bonds. The highest BCUT2D eigenvalue weighted by atomic mass is 32.2. The Morgan fingerprint density at radius 2 is 1.88 bits per heavy atom. The van der Waals surface area contributed by atoms with Gasteiger partial charge in [-0.2, -0.15) is 13.2 Å². The normalized spacial score (nSPS) is 12.2. The second kappa shape index (κ2) is 6.39. The van der Waals surface area contributed by atoms with Crippen molar-refractivity contribution in [2.75, 3.05) is 12.9 Å². The number of ether oxygens (including phenoxy) is 1. The summed E-state index contributed by atoms with van der Waals surface area (Å²) in [5.41, 5.74) is -0.296. The first-order valence-corrected chi connectivity index (χ1v) is 8.57. The van der Waals surface area contributed by atoms with Crippen molar-refractivity contribution < 1.29 is 26.3 Å². The van der Waals surface area contributed by atoms with Gasteiger partial charge in [0.15, 0.2) is 9.84 Å². The fraction of sp³-hybridized carbons (Fsp3) is 0.333. The molecule has 130 valence electrons. The Morgan fingerprint density at radius 3 is 2.42 bits per heavy atom. The Morgan fingerprint density at radius 1 is 1.21 bits per heavy atom. The van der Waals surface area contributed by atoms with Gasteiger partial charge in [-0.3, -0.25) is 0 Å². The van der Waals surface area contributed by atoms with E-state index in [1.54, 1.807) is 6.92 Å². The molecular weight excluding hydrogens is 345 g/mol. The summed E-state index contributed by atoms with van der Waals surface area (Å²) in [6, 6.07) is 2.58. The molecule has 0 N–H and O–H groups in total. The minimum atomic E-state index is -4.64. The molecule has 2 rings (SSSR count). The summed E-state index contributed by atoms with van der Waals surface area (Å²) in [5.74, 6) is -0.109. The molecule has 0 aliphatic rings. The van der Waals surface area contributed by atoms with Crippen LogP contribution in [0.3, 0.4) is 0 Å². The maximum atomic E-state index is 13.0. The number of rotatable bonds is 4. The van der Waals surface area contributed by atoms with Crippen LogP contribution in [0.15, 0.2) is 29.4 Å². The van der Waals surface area contributed by atoms with Crippen LogP contribution in [0, 0.1) is 6.92 Å². The van der Waals surface area contributed by atoms with Gasteiger partial charge in [-0.25, -0.2) is 18.4 Å². The predicted molar refractivity (Wildman–Crippen MR) is 81.5 cm³/mol. The Balaban J connectivity index is 2.80. The highest BCUT2D eigenvalue weighted by Crippen LogP contribution is 2.36. The van der Waals surface area contributed by atoms with Crippen molar-refractivity contribution in [2.45, 2.75) is 24.9 Å². The highest BCUT2D eigenvalue weighted by molar-refractivity contribution is 7.91. The molecule has 0 spiro atoms. The molecular formula is C15H15F3N2O3S. The van der Waals surface area contributed by atoms with E-state index in [4.69, 9.17) is 4.74 Å². The van der Waals surface area contributed by atoms with Crippen LogP contribution in [0.5, 0.6) is 5.88 Å². The zero-order chi connectivity index (χ0) is 18.1. The molecule has 0 bridgehead atoms. The lowest BCUT2D eigenvalue weighted by molar-refractivity contribution is -0.137. The summed E-state index contributed by atoms with van der Waals surface area (Å²) in [6.07, 6.45) is -3.48. The lowest BCUT2D eigenvalue weighted by Gasteiger charge is -2.15. The minimum Gasteiger partial charge on any atom is -0.481 e. The molecule has 0 saturated carbocycles. The number of alkyl halides is 3. The summed E-state index contributed by atoms with van der Waals surface area (Å²) in [6.45, 7) is 2.97. The van der Waals surface area contributed by atoms with Gasteiger partial charge in [0.2, 0.25) is 5.88 Å². The lowest BCUT2D eigenvalue weighted by atomic mass is 10.1. The summed E-state index contributed by atoms with van der Waals surface area (Å²) in [4.78, 5) is 7.50. The average molecular weight is 360 g/mol. The predicted octanol–water partition coefficient (Wildman–Crippen LogP) is 3.27. The number of halogens is 3. The maximum absolute atomic E-state index is 13.0. The SMILES string of the molecule is CCS(=O)(=O)c1cc(C(F)(F)F)ccc1-c1ncnc(OC)c1C. The van der Waals surface area contributed by atoms with E-state index >= 15 is 0 Å². The number of nitrogens with zero attached hydrogens (tertiary/aromatic N) is 2. The second-order valence-corrected chi connectivity index (χ2v) is 7.22. The number of hydrogen-bond acceptors (Lipinski definition) is 5. The Kier molecular flexibility index (Phi) is 4.84. The monoisotopic (exact) mass is 360 g/mol. The van der Waals surface area contributed by atoms with Gasteiger partial charge in [-0.1, -0.05) is 13.0 Å². The van der Waals surface area contributed by atoms with Gasteiger partial charge in [0.05, 0.1) is 29.0 Å². The molecule has 0 aliphatic heterocycles. The van der Waals surface area contributed by atoms with Gasteiger partial charge in [0.25, 0.3) is 0 Å². The smallest absolute Gasteiger partial charge is 0.416 e. The standard InChI is InChI=1S/C15H15F3N2O3S/c1-4-24(21,22)12-7-10(15(16,17)18)5-6-11(12)13-9(2)14(23-3)20-8-19-13/h5-8H,4H2,1-3H3. The van der Waals surface area contributed by atoms with Gasteiger partial charge in [0.1, 0.15) is 6.33 Å². The Hall–Kier alpha value is -2.16. The molecule has 1 aromatic carbocycles. The zero-order valence-electron chi connectivity index (χ0n) is 13.2. The van der Waals surface area contributed by atoms with Crippen LogP contribution in [0.4, 0.5) is 13.2 Å². The molecule has 24 heavy (non-hydrogen) atoms. The van der Waals surface area contributed by atoms with Crippen LogP contribution in [-0.2, 0) is 16.0 Å². The molecule has 0 radical (unpaired) electrons. The maximum Gasteiger partial charge on any atom is 0.416 e. The van der Waals surface area contributed by atoms with Crippen LogP contribution in [-0.4, -0.2) is 31.2 Å². The van der Waals surface area contributed by atoms with Crippen molar-refractivity contribution in [3.63, 3.8) is 0 Å². The van der Waals surface area contributed by atoms with Crippen molar-refractivity contribution in [1.82, 2.24) is 9.97 Å². The van der Waals surface area contributed by atoms with Crippen molar-refractivity contribution in [2.24, 2.45) is 0 Å². The number of aromatic nitrogens is 2. The molecule has 0 saturated heterocycles. The van der Waals surface area contributed by atoms with E-state index in [2.05, 4.69) is 9.97 Å². The molecule has 2 aromatic rings. The van der Waals surface area contributed by atoms with Gasteiger partial charge < -0.3 is 4.74 Å². The number of hydrogen-bond donors (Lipinski definition) is 0. The van der Waals surface area contributed by atoms with Gasteiger partial charge in [-0.15, -0.1) is 0 Å². The van der Waals surface area contributed by atoms with Crippen LogP contribution >= 0.6 is 0 Å². The number of methoxy groups -OCH3 is 1. The zero-order valence-corrected chi connectivity index (χ0v) is 14.0. The summed E-state index contributed by atoms with van der Waals surface area (Å²) in [7, 11) is -2.51. The third-order valence-corrected chi connectivity index (χ3v) is 5.28. The van der Waals surface area contributed by atoms with Crippen molar-refractivity contribution in [3.8, 4) is 17.1 Å². The molecule has 0 aliphatic carbocycles. The van der Waals surface area contributed by atoms with E-state index in [0.717, 1.165) is 12.1 Å². The first-order chi connectivity index (χ1) is 11.1. The van der Waals surface area contributed by atoms with Crippen LogP contribution in [0.1, 0.15) is 18.1 Å². The van der Waals surface area contributed by atoms with E-state index in [0.29, 0.717) is 11.6 Å². The quantitative estimate of drug-likeness (QED) is 0.837. The first-order valence-electron chi connectivity index (χ1n) is 6.91. The molecule has 1 aromatic heterocycles. The third kappa shape index (κ3) is 3.35.